The minimum atomic E-state index is -1.05. The van der Waals surface area contributed by atoms with Crippen molar-refractivity contribution < 1.29 is 23.2 Å². The first kappa shape index (κ1) is 12.6. The number of carboxylic acid groups (broad SMARTS) is 1. The Labute approximate surface area is 112 Å². The molecule has 7 heteroatoms. The van der Waals surface area contributed by atoms with Gasteiger partial charge in [-0.15, -0.1) is 0 Å². The Bertz CT molecular complexity index is 684. The van der Waals surface area contributed by atoms with Crippen LogP contribution in [0.1, 0.15) is 11.3 Å². The van der Waals surface area contributed by atoms with Crippen LogP contribution in [-0.2, 0) is 13.0 Å². The van der Waals surface area contributed by atoms with E-state index in [4.69, 9.17) is 9.63 Å². The van der Waals surface area contributed by atoms with Gasteiger partial charge in [0, 0.05) is 24.6 Å². The van der Waals surface area contributed by atoms with Crippen LogP contribution in [0.15, 0.2) is 22.7 Å². The lowest BCUT2D eigenvalue weighted by atomic mass is 10.0. The van der Waals surface area contributed by atoms with Crippen molar-refractivity contribution in [2.45, 2.75) is 13.0 Å². The van der Waals surface area contributed by atoms with Crippen LogP contribution >= 0.6 is 0 Å². The van der Waals surface area contributed by atoms with Gasteiger partial charge in [-0.1, -0.05) is 5.16 Å². The van der Waals surface area contributed by atoms with Crippen molar-refractivity contribution in [1.82, 2.24) is 10.1 Å². The maximum absolute atomic E-state index is 13.8. The van der Waals surface area contributed by atoms with E-state index in [2.05, 4.69) is 5.16 Å². The molecule has 0 bridgehead atoms. The highest BCUT2D eigenvalue weighted by molar-refractivity contribution is 5.68. The third-order valence-electron chi connectivity index (χ3n) is 3.28. The number of rotatable bonds is 1. The lowest BCUT2D eigenvalue weighted by Gasteiger charge is -2.23. The molecule has 1 aromatic carbocycles. The van der Waals surface area contributed by atoms with E-state index in [1.54, 1.807) is 0 Å². The van der Waals surface area contributed by atoms with Crippen molar-refractivity contribution in [2.24, 2.45) is 0 Å². The molecule has 1 aromatic heterocycles. The van der Waals surface area contributed by atoms with Crippen LogP contribution in [0.25, 0.3) is 11.3 Å². The van der Waals surface area contributed by atoms with Gasteiger partial charge in [-0.25, -0.2) is 13.6 Å². The van der Waals surface area contributed by atoms with Gasteiger partial charge in [-0.3, -0.25) is 0 Å². The number of amides is 1. The number of benzene rings is 1. The van der Waals surface area contributed by atoms with Gasteiger partial charge in [0.15, 0.2) is 5.76 Å². The summed E-state index contributed by atoms with van der Waals surface area (Å²) < 4.78 is 31.8. The Kier molecular flexibility index (Phi) is 2.89. The van der Waals surface area contributed by atoms with E-state index >= 15 is 0 Å². The number of hydrogen-bond donors (Lipinski definition) is 1. The summed E-state index contributed by atoms with van der Waals surface area (Å²) >= 11 is 0. The summed E-state index contributed by atoms with van der Waals surface area (Å²) in [4.78, 5) is 12.2. The maximum atomic E-state index is 13.8. The summed E-state index contributed by atoms with van der Waals surface area (Å²) in [6, 6.07) is 3.12. The fraction of sp³-hybridized carbons (Fsp3) is 0.231. The topological polar surface area (TPSA) is 66.6 Å². The van der Waals surface area contributed by atoms with Crippen LogP contribution in [0.4, 0.5) is 13.6 Å². The average molecular weight is 280 g/mol. The summed E-state index contributed by atoms with van der Waals surface area (Å²) in [5, 5.41) is 12.8. The second-order valence-electron chi connectivity index (χ2n) is 4.52. The molecule has 2 aromatic rings. The van der Waals surface area contributed by atoms with Crippen molar-refractivity contribution in [2.75, 3.05) is 6.54 Å². The molecule has 1 aliphatic heterocycles. The quantitative estimate of drug-likeness (QED) is 0.872. The second-order valence-corrected chi connectivity index (χ2v) is 4.52. The SMILES string of the molecule is O=C(O)N1CCc2noc(-c3ccc(F)cc3F)c2C1. The molecule has 0 atom stereocenters. The number of aromatic nitrogens is 1. The predicted molar refractivity (Wildman–Crippen MR) is 64.0 cm³/mol. The lowest BCUT2D eigenvalue weighted by Crippen LogP contribution is -2.34. The molecule has 20 heavy (non-hydrogen) atoms. The zero-order valence-corrected chi connectivity index (χ0v) is 10.3. The van der Waals surface area contributed by atoms with Crippen molar-refractivity contribution in [3.63, 3.8) is 0 Å². The van der Waals surface area contributed by atoms with Crippen molar-refractivity contribution in [1.29, 1.82) is 0 Å². The smallest absolute Gasteiger partial charge is 0.407 e. The Morgan fingerprint density at radius 1 is 1.40 bits per heavy atom. The Hall–Kier alpha value is -2.44. The Morgan fingerprint density at radius 3 is 2.90 bits per heavy atom. The fourth-order valence-electron chi connectivity index (χ4n) is 2.26. The minimum absolute atomic E-state index is 0.0763. The van der Waals surface area contributed by atoms with Gasteiger partial charge in [-0.05, 0) is 12.1 Å². The Morgan fingerprint density at radius 2 is 2.20 bits per heavy atom. The zero-order valence-electron chi connectivity index (χ0n) is 10.3. The normalized spacial score (nSPS) is 14.2. The molecule has 3 rings (SSSR count). The third-order valence-corrected chi connectivity index (χ3v) is 3.28. The van der Waals surface area contributed by atoms with Crippen LogP contribution in [0.3, 0.4) is 0 Å². The van der Waals surface area contributed by atoms with Crippen LogP contribution < -0.4 is 0 Å². The highest BCUT2D eigenvalue weighted by Gasteiger charge is 2.28. The molecule has 0 fully saturated rings. The van der Waals surface area contributed by atoms with Gasteiger partial charge in [0.05, 0.1) is 17.8 Å². The van der Waals surface area contributed by atoms with Gasteiger partial charge in [-0.2, -0.15) is 0 Å². The number of nitrogens with zero attached hydrogens (tertiary/aromatic N) is 2. The number of hydrogen-bond acceptors (Lipinski definition) is 3. The first-order chi connectivity index (χ1) is 9.56. The molecule has 0 aliphatic carbocycles. The van der Waals surface area contributed by atoms with Gasteiger partial charge in [0.25, 0.3) is 0 Å². The number of carbonyl (C=O) groups is 1. The van der Waals surface area contributed by atoms with Crippen LogP contribution in [-0.4, -0.2) is 27.8 Å². The van der Waals surface area contributed by atoms with Crippen molar-refractivity contribution >= 4 is 6.09 Å². The van der Waals surface area contributed by atoms with E-state index in [1.165, 1.54) is 11.0 Å². The van der Waals surface area contributed by atoms with E-state index in [-0.39, 0.29) is 17.9 Å². The first-order valence-corrected chi connectivity index (χ1v) is 5.97. The number of fused-ring (bicyclic) bond motifs is 1. The Balaban J connectivity index is 2.04. The summed E-state index contributed by atoms with van der Waals surface area (Å²) in [6.45, 7) is 0.403. The molecule has 1 N–H and O–H groups in total. The first-order valence-electron chi connectivity index (χ1n) is 5.97. The van der Waals surface area contributed by atoms with Crippen molar-refractivity contribution in [3.8, 4) is 11.3 Å². The summed E-state index contributed by atoms with van der Waals surface area (Å²) in [7, 11) is 0. The summed E-state index contributed by atoms with van der Waals surface area (Å²) in [6.07, 6.45) is -0.643. The monoisotopic (exact) mass is 280 g/mol. The van der Waals surface area contributed by atoms with Gasteiger partial charge in [0.1, 0.15) is 11.6 Å². The zero-order chi connectivity index (χ0) is 14.3. The highest BCUT2D eigenvalue weighted by Crippen LogP contribution is 2.32. The largest absolute Gasteiger partial charge is 0.465 e. The van der Waals surface area contributed by atoms with E-state index in [9.17, 15) is 13.6 Å². The van der Waals surface area contributed by atoms with Crippen LogP contribution in [0.5, 0.6) is 0 Å². The van der Waals surface area contributed by atoms with Crippen molar-refractivity contribution in [3.05, 3.63) is 41.1 Å². The van der Waals surface area contributed by atoms with E-state index in [0.717, 1.165) is 12.1 Å². The van der Waals surface area contributed by atoms with E-state index in [0.29, 0.717) is 24.2 Å². The standard InChI is InChI=1S/C13H10F2N2O3/c14-7-1-2-8(10(15)5-7)12-9-6-17(13(18)19)4-3-11(9)16-20-12/h1-2,5H,3-4,6H2,(H,18,19). The average Bonchev–Trinajstić information content (AvgIpc) is 2.81. The fourth-order valence-corrected chi connectivity index (χ4v) is 2.26. The highest BCUT2D eigenvalue weighted by atomic mass is 19.1. The molecule has 0 saturated carbocycles. The molecule has 0 radical (unpaired) electrons. The molecule has 0 saturated heterocycles. The molecular weight excluding hydrogens is 270 g/mol. The minimum Gasteiger partial charge on any atom is -0.465 e. The van der Waals surface area contributed by atoms with Crippen LogP contribution in [0.2, 0.25) is 0 Å². The molecule has 0 unspecified atom stereocenters. The molecule has 5 nitrogen and oxygen atoms in total. The predicted octanol–water partition coefficient (Wildman–Crippen LogP) is 2.66. The summed E-state index contributed by atoms with van der Waals surface area (Å²) in [5.41, 5.74) is 1.22. The molecule has 0 spiro atoms. The van der Waals surface area contributed by atoms with Gasteiger partial charge in [0.2, 0.25) is 0 Å². The van der Waals surface area contributed by atoms with Gasteiger partial charge >= 0.3 is 6.09 Å². The molecule has 1 amide bonds. The second kappa shape index (κ2) is 4.59. The lowest BCUT2D eigenvalue weighted by molar-refractivity contribution is 0.140. The molecular formula is C13H10F2N2O3. The third kappa shape index (κ3) is 2.01. The maximum Gasteiger partial charge on any atom is 0.407 e. The summed E-state index contributed by atoms with van der Waals surface area (Å²) in [5.74, 6) is -1.30. The van der Waals surface area contributed by atoms with Gasteiger partial charge < -0.3 is 14.5 Å². The molecule has 1 aliphatic rings. The van der Waals surface area contributed by atoms with Crippen LogP contribution in [0, 0.1) is 11.6 Å². The number of halogens is 2. The molecule has 104 valence electrons. The van der Waals surface area contributed by atoms with E-state index in [1.807, 2.05) is 0 Å². The van der Waals surface area contributed by atoms with E-state index < -0.39 is 17.7 Å². The molecule has 2 heterocycles.